The zero-order valence-electron chi connectivity index (χ0n) is 12.8. The van der Waals surface area contributed by atoms with E-state index in [2.05, 4.69) is 29.1 Å². The van der Waals surface area contributed by atoms with Crippen LogP contribution in [0.3, 0.4) is 0 Å². The third kappa shape index (κ3) is 7.45. The predicted molar refractivity (Wildman–Crippen MR) is 80.6 cm³/mol. The molecule has 0 unspecified atom stereocenters. The smallest absolute Gasteiger partial charge is 0.316 e. The second kappa shape index (κ2) is 7.59. The predicted octanol–water partition coefficient (Wildman–Crippen LogP) is 2.41. The number of carbonyl (C=O) groups is 1. The van der Waals surface area contributed by atoms with E-state index in [4.69, 9.17) is 4.74 Å². The average Bonchev–Trinajstić information content (AvgIpc) is 2.33. The van der Waals surface area contributed by atoms with Crippen LogP contribution in [-0.2, 0) is 16.1 Å². The fourth-order valence-electron chi connectivity index (χ4n) is 1.33. The fourth-order valence-corrected chi connectivity index (χ4v) is 1.89. The van der Waals surface area contributed by atoms with E-state index in [0.717, 1.165) is 12.1 Å². The molecule has 0 aliphatic carbocycles. The van der Waals surface area contributed by atoms with Gasteiger partial charge in [0.25, 0.3) is 0 Å². The Bertz CT molecular complexity index is 427. The summed E-state index contributed by atoms with van der Waals surface area (Å²) >= 11 is 1.29. The second-order valence-corrected chi connectivity index (χ2v) is 6.73. The van der Waals surface area contributed by atoms with Crippen molar-refractivity contribution in [2.24, 2.45) is 0 Å². The van der Waals surface area contributed by atoms with Crippen molar-refractivity contribution in [2.75, 3.05) is 5.75 Å². The maximum Gasteiger partial charge on any atom is 0.316 e. The van der Waals surface area contributed by atoms with Crippen LogP contribution >= 0.6 is 11.8 Å². The Morgan fingerprint density at radius 2 is 1.95 bits per heavy atom. The molecule has 1 rings (SSSR count). The number of carbonyl (C=O) groups excluding carboxylic acids is 1. The van der Waals surface area contributed by atoms with E-state index < -0.39 is 5.60 Å². The summed E-state index contributed by atoms with van der Waals surface area (Å²) < 4.78 is 5.22. The number of ether oxygens (including phenoxy) is 1. The summed E-state index contributed by atoms with van der Waals surface area (Å²) in [5, 5.41) is 3.88. The van der Waals surface area contributed by atoms with E-state index in [1.807, 2.05) is 20.8 Å². The first-order valence-corrected chi connectivity index (χ1v) is 7.64. The lowest BCUT2D eigenvalue weighted by Gasteiger charge is -2.19. The molecule has 0 aromatic carbocycles. The largest absolute Gasteiger partial charge is 0.459 e. The molecule has 1 N–H and O–H groups in total. The lowest BCUT2D eigenvalue weighted by Crippen LogP contribution is -2.25. The summed E-state index contributed by atoms with van der Waals surface area (Å²) in [5.74, 6) is -0.0300. The SMILES string of the molecule is CC(C)NCc1cnc(SCC(=O)OC(C)(C)C)nc1. The van der Waals surface area contributed by atoms with E-state index in [-0.39, 0.29) is 11.7 Å². The average molecular weight is 297 g/mol. The number of hydrogen-bond donors (Lipinski definition) is 1. The molecule has 0 radical (unpaired) electrons. The molecule has 0 fully saturated rings. The maximum atomic E-state index is 11.6. The summed E-state index contributed by atoms with van der Waals surface area (Å²) in [7, 11) is 0. The first-order chi connectivity index (χ1) is 9.26. The number of thioether (sulfide) groups is 1. The van der Waals surface area contributed by atoms with Crippen LogP contribution in [0.5, 0.6) is 0 Å². The molecule has 0 spiro atoms. The van der Waals surface area contributed by atoms with E-state index in [0.29, 0.717) is 11.2 Å². The van der Waals surface area contributed by atoms with Gasteiger partial charge in [-0.05, 0) is 20.8 Å². The lowest BCUT2D eigenvalue weighted by molar-refractivity contribution is -0.151. The van der Waals surface area contributed by atoms with Crippen LogP contribution in [0.15, 0.2) is 17.6 Å². The standard InChI is InChI=1S/C14H23N3O2S/c1-10(2)15-6-11-7-16-13(17-8-11)20-9-12(18)19-14(3,4)5/h7-8,10,15H,6,9H2,1-5H3. The number of hydrogen-bond acceptors (Lipinski definition) is 6. The highest BCUT2D eigenvalue weighted by Gasteiger charge is 2.16. The fraction of sp³-hybridized carbons (Fsp3) is 0.643. The lowest BCUT2D eigenvalue weighted by atomic mass is 10.2. The van der Waals surface area contributed by atoms with Crippen LogP contribution in [0.4, 0.5) is 0 Å². The van der Waals surface area contributed by atoms with Crippen molar-refractivity contribution in [1.29, 1.82) is 0 Å². The van der Waals surface area contributed by atoms with Crippen LogP contribution in [0.25, 0.3) is 0 Å². The minimum absolute atomic E-state index is 0.223. The van der Waals surface area contributed by atoms with Gasteiger partial charge in [-0.3, -0.25) is 4.79 Å². The number of rotatable bonds is 6. The van der Waals surface area contributed by atoms with Gasteiger partial charge in [-0.2, -0.15) is 0 Å². The molecule has 0 bridgehead atoms. The van der Waals surface area contributed by atoms with Crippen molar-refractivity contribution in [3.05, 3.63) is 18.0 Å². The Labute approximate surface area is 124 Å². The number of nitrogens with one attached hydrogen (secondary N) is 1. The van der Waals surface area contributed by atoms with Gasteiger partial charge in [-0.1, -0.05) is 25.6 Å². The van der Waals surface area contributed by atoms with Gasteiger partial charge < -0.3 is 10.1 Å². The van der Waals surface area contributed by atoms with Crippen LogP contribution < -0.4 is 5.32 Å². The quantitative estimate of drug-likeness (QED) is 0.494. The number of esters is 1. The van der Waals surface area contributed by atoms with Crippen LogP contribution in [0, 0.1) is 0 Å². The van der Waals surface area contributed by atoms with Crippen LogP contribution in [0.1, 0.15) is 40.2 Å². The van der Waals surface area contributed by atoms with Gasteiger partial charge in [0, 0.05) is 30.5 Å². The maximum absolute atomic E-state index is 11.6. The molecule has 5 nitrogen and oxygen atoms in total. The topological polar surface area (TPSA) is 64.1 Å². The molecule has 1 heterocycles. The van der Waals surface area contributed by atoms with Gasteiger partial charge in [0.15, 0.2) is 5.16 Å². The molecule has 0 saturated carbocycles. The molecule has 0 aliphatic heterocycles. The van der Waals surface area contributed by atoms with E-state index >= 15 is 0 Å². The molecule has 112 valence electrons. The van der Waals surface area contributed by atoms with Gasteiger partial charge in [-0.25, -0.2) is 9.97 Å². The molecule has 6 heteroatoms. The Morgan fingerprint density at radius 3 is 2.45 bits per heavy atom. The normalized spacial score (nSPS) is 11.7. The van der Waals surface area contributed by atoms with Crippen LogP contribution in [0.2, 0.25) is 0 Å². The van der Waals surface area contributed by atoms with Gasteiger partial charge in [0.2, 0.25) is 0 Å². The minimum atomic E-state index is -0.453. The number of aromatic nitrogens is 2. The van der Waals surface area contributed by atoms with E-state index in [1.165, 1.54) is 11.8 Å². The second-order valence-electron chi connectivity index (χ2n) is 5.78. The molecule has 20 heavy (non-hydrogen) atoms. The molecule has 0 aliphatic rings. The molecule has 1 aromatic rings. The third-order valence-corrected chi connectivity index (χ3v) is 2.98. The van der Waals surface area contributed by atoms with Crippen molar-refractivity contribution in [2.45, 2.75) is 58.0 Å². The summed E-state index contributed by atoms with van der Waals surface area (Å²) in [4.78, 5) is 20.0. The van der Waals surface area contributed by atoms with Gasteiger partial charge in [-0.15, -0.1) is 0 Å². The van der Waals surface area contributed by atoms with Crippen molar-refractivity contribution >= 4 is 17.7 Å². The molecule has 0 saturated heterocycles. The Morgan fingerprint density at radius 1 is 1.35 bits per heavy atom. The summed E-state index contributed by atoms with van der Waals surface area (Å²) in [5.41, 5.74) is 0.575. The highest BCUT2D eigenvalue weighted by Crippen LogP contribution is 2.15. The first kappa shape index (κ1) is 16.9. The Balaban J connectivity index is 2.40. The van der Waals surface area contributed by atoms with Crippen molar-refractivity contribution in [3.63, 3.8) is 0 Å². The Kier molecular flexibility index (Phi) is 6.42. The zero-order valence-corrected chi connectivity index (χ0v) is 13.6. The highest BCUT2D eigenvalue weighted by molar-refractivity contribution is 7.99. The van der Waals surface area contributed by atoms with Crippen molar-refractivity contribution in [1.82, 2.24) is 15.3 Å². The summed E-state index contributed by atoms with van der Waals surface area (Å²) in [6, 6.07) is 0.427. The van der Waals surface area contributed by atoms with E-state index in [9.17, 15) is 4.79 Å². The number of nitrogens with zero attached hydrogens (tertiary/aromatic N) is 2. The van der Waals surface area contributed by atoms with Crippen molar-refractivity contribution < 1.29 is 9.53 Å². The van der Waals surface area contributed by atoms with Crippen molar-refractivity contribution in [3.8, 4) is 0 Å². The first-order valence-electron chi connectivity index (χ1n) is 6.65. The van der Waals surface area contributed by atoms with Gasteiger partial charge >= 0.3 is 5.97 Å². The molecular formula is C14H23N3O2S. The Hall–Kier alpha value is -1.14. The van der Waals surface area contributed by atoms with Gasteiger partial charge in [0.1, 0.15) is 5.60 Å². The minimum Gasteiger partial charge on any atom is -0.459 e. The monoisotopic (exact) mass is 297 g/mol. The molecule has 1 aromatic heterocycles. The summed E-state index contributed by atoms with van der Waals surface area (Å²) in [6.07, 6.45) is 3.56. The highest BCUT2D eigenvalue weighted by atomic mass is 32.2. The third-order valence-electron chi connectivity index (χ3n) is 2.14. The molecule has 0 amide bonds. The molecule has 0 atom stereocenters. The van der Waals surface area contributed by atoms with Crippen LogP contribution in [-0.4, -0.2) is 33.3 Å². The van der Waals surface area contributed by atoms with Gasteiger partial charge in [0.05, 0.1) is 5.75 Å². The molecular weight excluding hydrogens is 274 g/mol. The summed E-state index contributed by atoms with van der Waals surface area (Å²) in [6.45, 7) is 10.5. The van der Waals surface area contributed by atoms with E-state index in [1.54, 1.807) is 12.4 Å². The zero-order chi connectivity index (χ0) is 15.2.